The third kappa shape index (κ3) is 6.04. The number of hydrogen-bond acceptors (Lipinski definition) is 5. The molecular formula is C31H36FNO5. The summed E-state index contributed by atoms with van der Waals surface area (Å²) >= 11 is 0. The van der Waals surface area contributed by atoms with Gasteiger partial charge in [0, 0.05) is 12.1 Å². The van der Waals surface area contributed by atoms with Gasteiger partial charge in [0.05, 0.1) is 32.5 Å². The van der Waals surface area contributed by atoms with Gasteiger partial charge < -0.3 is 23.8 Å². The molecule has 1 heterocycles. The molecule has 0 radical (unpaired) electrons. The van der Waals surface area contributed by atoms with E-state index in [0.717, 1.165) is 16.7 Å². The number of rotatable bonds is 11. The second-order valence-electron chi connectivity index (χ2n) is 8.99. The van der Waals surface area contributed by atoms with Crippen molar-refractivity contribution >= 4 is 5.91 Å². The third-order valence-electron chi connectivity index (χ3n) is 6.53. The number of hydrogen-bond donors (Lipinski definition) is 0. The monoisotopic (exact) mass is 521 g/mol. The first-order chi connectivity index (χ1) is 18.5. The van der Waals surface area contributed by atoms with Crippen LogP contribution in [0.1, 0.15) is 60.8 Å². The second kappa shape index (κ2) is 12.7. The summed E-state index contributed by atoms with van der Waals surface area (Å²) in [5.41, 5.74) is 3.44. The molecule has 0 saturated heterocycles. The van der Waals surface area contributed by atoms with Crippen molar-refractivity contribution < 1.29 is 28.1 Å². The summed E-state index contributed by atoms with van der Waals surface area (Å²) in [6, 6.07) is 15.5. The molecule has 3 aromatic carbocycles. The minimum Gasteiger partial charge on any atom is -0.490 e. The van der Waals surface area contributed by atoms with Gasteiger partial charge in [-0.2, -0.15) is 0 Å². The zero-order valence-electron chi connectivity index (χ0n) is 22.6. The van der Waals surface area contributed by atoms with Crippen LogP contribution in [0, 0.1) is 5.82 Å². The number of halogens is 1. The summed E-state index contributed by atoms with van der Waals surface area (Å²) in [5.74, 6) is 2.08. The average molecular weight is 522 g/mol. The predicted octanol–water partition coefficient (Wildman–Crippen LogP) is 6.40. The van der Waals surface area contributed by atoms with Crippen LogP contribution in [0.3, 0.4) is 0 Å². The molecule has 0 fully saturated rings. The summed E-state index contributed by atoms with van der Waals surface area (Å²) in [5, 5.41) is 0. The lowest BCUT2D eigenvalue weighted by atomic mass is 9.87. The molecule has 0 aliphatic carbocycles. The first-order valence-electron chi connectivity index (χ1n) is 13.4. The topological polar surface area (TPSA) is 57.2 Å². The lowest BCUT2D eigenvalue weighted by Gasteiger charge is -2.38. The van der Waals surface area contributed by atoms with Gasteiger partial charge in [-0.25, -0.2) is 4.39 Å². The van der Waals surface area contributed by atoms with Gasteiger partial charge >= 0.3 is 0 Å². The molecule has 0 saturated carbocycles. The van der Waals surface area contributed by atoms with Crippen LogP contribution in [0.2, 0.25) is 0 Å². The maximum Gasteiger partial charge on any atom is 0.254 e. The van der Waals surface area contributed by atoms with E-state index < -0.39 is 5.82 Å². The lowest BCUT2D eigenvalue weighted by Crippen LogP contribution is -2.41. The van der Waals surface area contributed by atoms with E-state index in [1.807, 2.05) is 62.9 Å². The predicted molar refractivity (Wildman–Crippen MR) is 145 cm³/mol. The highest BCUT2D eigenvalue weighted by Crippen LogP contribution is 2.41. The Morgan fingerprint density at radius 3 is 2.11 bits per heavy atom. The Hall–Kier alpha value is -3.74. The first-order valence-corrected chi connectivity index (χ1v) is 13.4. The van der Waals surface area contributed by atoms with Crippen LogP contribution in [0.15, 0.2) is 54.6 Å². The quantitative estimate of drug-likeness (QED) is 0.292. The van der Waals surface area contributed by atoms with Gasteiger partial charge in [0.2, 0.25) is 0 Å². The van der Waals surface area contributed by atoms with E-state index in [-0.39, 0.29) is 11.9 Å². The van der Waals surface area contributed by atoms with Gasteiger partial charge in [-0.05, 0) is 99.7 Å². The van der Waals surface area contributed by atoms with Gasteiger partial charge in [-0.15, -0.1) is 0 Å². The maximum atomic E-state index is 14.0. The lowest BCUT2D eigenvalue weighted by molar-refractivity contribution is 0.0658. The van der Waals surface area contributed by atoms with Gasteiger partial charge in [-0.3, -0.25) is 4.79 Å². The van der Waals surface area contributed by atoms with Gasteiger partial charge in [0.25, 0.3) is 5.91 Å². The number of nitrogens with zero attached hydrogens (tertiary/aromatic N) is 1. The van der Waals surface area contributed by atoms with Crippen molar-refractivity contribution in [2.45, 2.75) is 46.6 Å². The van der Waals surface area contributed by atoms with Crippen molar-refractivity contribution in [1.29, 1.82) is 0 Å². The molecule has 0 aromatic heterocycles. The summed E-state index contributed by atoms with van der Waals surface area (Å²) in [7, 11) is 0. The Morgan fingerprint density at radius 1 is 0.816 bits per heavy atom. The van der Waals surface area contributed by atoms with Crippen molar-refractivity contribution in [3.05, 3.63) is 82.7 Å². The molecule has 1 aliphatic rings. The molecule has 0 spiro atoms. The minimum atomic E-state index is -0.433. The number of carbonyl (C=O) groups excluding carboxylic acids is 1. The number of carbonyl (C=O) groups is 1. The van der Waals surface area contributed by atoms with Crippen LogP contribution in [-0.4, -0.2) is 43.8 Å². The number of ether oxygens (including phenoxy) is 4. The molecule has 202 valence electrons. The molecule has 3 aromatic rings. The third-order valence-corrected chi connectivity index (χ3v) is 6.53. The minimum absolute atomic E-state index is 0.206. The molecule has 1 amide bonds. The molecule has 38 heavy (non-hydrogen) atoms. The van der Waals surface area contributed by atoms with Crippen molar-refractivity contribution in [3.63, 3.8) is 0 Å². The molecule has 0 unspecified atom stereocenters. The van der Waals surface area contributed by atoms with Crippen molar-refractivity contribution in [1.82, 2.24) is 4.90 Å². The molecular weight excluding hydrogens is 485 g/mol. The van der Waals surface area contributed by atoms with Crippen LogP contribution in [0.25, 0.3) is 0 Å². The summed E-state index contributed by atoms with van der Waals surface area (Å²) in [6.07, 6.45) is 1.20. The Balaban J connectivity index is 1.78. The fraction of sp³-hybridized carbons (Fsp3) is 0.387. The molecule has 4 rings (SSSR count). The van der Waals surface area contributed by atoms with E-state index in [9.17, 15) is 9.18 Å². The fourth-order valence-electron chi connectivity index (χ4n) is 4.94. The number of benzene rings is 3. The largest absolute Gasteiger partial charge is 0.490 e. The van der Waals surface area contributed by atoms with Crippen molar-refractivity contribution in [2.75, 3.05) is 33.0 Å². The first kappa shape index (κ1) is 27.3. The fourth-order valence-corrected chi connectivity index (χ4v) is 4.94. The van der Waals surface area contributed by atoms with Crippen LogP contribution >= 0.6 is 0 Å². The number of amides is 1. The number of fused-ring (bicyclic) bond motifs is 1. The molecule has 1 atom stereocenters. The summed E-state index contributed by atoms with van der Waals surface area (Å²) in [4.78, 5) is 15.5. The van der Waals surface area contributed by atoms with Crippen LogP contribution in [0.4, 0.5) is 4.39 Å². The van der Waals surface area contributed by atoms with E-state index in [4.69, 9.17) is 18.9 Å². The summed E-state index contributed by atoms with van der Waals surface area (Å²) < 4.78 is 37.4. The van der Waals surface area contributed by atoms with Crippen LogP contribution < -0.4 is 18.9 Å². The Labute approximate surface area is 224 Å². The van der Waals surface area contributed by atoms with E-state index in [1.165, 1.54) is 12.1 Å². The van der Waals surface area contributed by atoms with Crippen LogP contribution in [0.5, 0.6) is 23.0 Å². The standard InChI is InChI=1S/C31H36FNO5/c1-5-35-27-13-12-21(17-28(27)36-6-2)16-26-25-20-30(38-8-4)29(37-7-3)19-22(25)14-15-33(26)31(34)23-10-9-11-24(32)18-23/h9-13,17-20,26H,5-8,14-16H2,1-4H3/t26-/m0/s1. The molecule has 0 bridgehead atoms. The van der Waals surface area contributed by atoms with E-state index in [2.05, 4.69) is 0 Å². The van der Waals surface area contributed by atoms with E-state index in [1.54, 1.807) is 12.1 Å². The highest BCUT2D eigenvalue weighted by Gasteiger charge is 2.33. The Morgan fingerprint density at radius 2 is 1.45 bits per heavy atom. The summed E-state index contributed by atoms with van der Waals surface area (Å²) in [6.45, 7) is 10.3. The van der Waals surface area contributed by atoms with Crippen LogP contribution in [-0.2, 0) is 12.8 Å². The SMILES string of the molecule is CCOc1ccc(C[C@H]2c3cc(OCC)c(OCC)cc3CCN2C(=O)c2cccc(F)c2)cc1OCC. The Bertz CT molecular complexity index is 1260. The van der Waals surface area contributed by atoms with Gasteiger partial charge in [0.1, 0.15) is 5.82 Å². The van der Waals surface area contributed by atoms with E-state index >= 15 is 0 Å². The van der Waals surface area contributed by atoms with E-state index in [0.29, 0.717) is 74.4 Å². The average Bonchev–Trinajstić information content (AvgIpc) is 2.91. The molecule has 1 aliphatic heterocycles. The molecule has 0 N–H and O–H groups in total. The van der Waals surface area contributed by atoms with Gasteiger partial charge in [-0.1, -0.05) is 12.1 Å². The second-order valence-corrected chi connectivity index (χ2v) is 8.99. The molecule has 6 nitrogen and oxygen atoms in total. The highest BCUT2D eigenvalue weighted by molar-refractivity contribution is 5.94. The van der Waals surface area contributed by atoms with Crippen molar-refractivity contribution in [2.24, 2.45) is 0 Å². The Kier molecular flexibility index (Phi) is 9.10. The zero-order valence-corrected chi connectivity index (χ0v) is 22.6. The van der Waals surface area contributed by atoms with Gasteiger partial charge in [0.15, 0.2) is 23.0 Å². The highest BCUT2D eigenvalue weighted by atomic mass is 19.1. The zero-order chi connectivity index (χ0) is 27.1. The smallest absolute Gasteiger partial charge is 0.254 e. The normalized spacial score (nSPS) is 14.6. The molecule has 7 heteroatoms. The van der Waals surface area contributed by atoms with Crippen molar-refractivity contribution in [3.8, 4) is 23.0 Å². The maximum absolute atomic E-state index is 14.0.